The molecule has 1 aromatic rings. The summed E-state index contributed by atoms with van der Waals surface area (Å²) < 4.78 is 0. The van der Waals surface area contributed by atoms with Crippen LogP contribution in [0.25, 0.3) is 0 Å². The summed E-state index contributed by atoms with van der Waals surface area (Å²) in [6, 6.07) is 4.88. The number of likely N-dealkylation sites (N-methyl/N-ethyl adjacent to an activating group) is 1. The molecule has 0 bridgehead atoms. The summed E-state index contributed by atoms with van der Waals surface area (Å²) in [5.41, 5.74) is 6.62. The minimum Gasteiger partial charge on any atom is -0.340 e. The van der Waals surface area contributed by atoms with Crippen molar-refractivity contribution in [3.63, 3.8) is 0 Å². The maximum atomic E-state index is 11.8. The van der Waals surface area contributed by atoms with Gasteiger partial charge in [-0.05, 0) is 24.1 Å². The van der Waals surface area contributed by atoms with Gasteiger partial charge in [-0.15, -0.1) is 12.4 Å². The summed E-state index contributed by atoms with van der Waals surface area (Å²) in [5.74, 6) is -0.0708. The van der Waals surface area contributed by atoms with E-state index in [4.69, 9.17) is 28.9 Å². The molecule has 0 saturated carbocycles. The molecule has 0 spiro atoms. The van der Waals surface area contributed by atoms with E-state index in [1.807, 2.05) is 13.0 Å². The fourth-order valence-electron chi connectivity index (χ4n) is 1.45. The van der Waals surface area contributed by atoms with Crippen LogP contribution in [0.4, 0.5) is 0 Å². The first-order valence-electron chi connectivity index (χ1n) is 5.40. The lowest BCUT2D eigenvalue weighted by atomic mass is 10.2. The molecule has 0 fully saturated rings. The van der Waals surface area contributed by atoms with Crippen molar-refractivity contribution in [2.45, 2.75) is 25.9 Å². The quantitative estimate of drug-likeness (QED) is 0.928. The monoisotopic (exact) mass is 310 g/mol. The normalized spacial score (nSPS) is 11.6. The lowest BCUT2D eigenvalue weighted by molar-refractivity contribution is -0.131. The fourth-order valence-corrected chi connectivity index (χ4v) is 1.77. The van der Waals surface area contributed by atoms with Crippen LogP contribution in [0.15, 0.2) is 18.2 Å². The van der Waals surface area contributed by atoms with E-state index >= 15 is 0 Å². The molecule has 3 nitrogen and oxygen atoms in total. The van der Waals surface area contributed by atoms with Crippen LogP contribution in [-0.2, 0) is 11.3 Å². The van der Waals surface area contributed by atoms with Gasteiger partial charge in [-0.3, -0.25) is 4.79 Å². The van der Waals surface area contributed by atoms with Gasteiger partial charge in [0.25, 0.3) is 0 Å². The van der Waals surface area contributed by atoms with E-state index < -0.39 is 6.04 Å². The second-order valence-electron chi connectivity index (χ2n) is 3.96. The van der Waals surface area contributed by atoms with E-state index in [2.05, 4.69) is 0 Å². The van der Waals surface area contributed by atoms with Crippen molar-refractivity contribution in [1.29, 1.82) is 0 Å². The summed E-state index contributed by atoms with van der Waals surface area (Å²) in [7, 11) is 1.72. The molecule has 2 N–H and O–H groups in total. The van der Waals surface area contributed by atoms with E-state index in [0.29, 0.717) is 23.0 Å². The second-order valence-corrected chi connectivity index (χ2v) is 4.77. The second kappa shape index (κ2) is 7.85. The average Bonchev–Trinajstić information content (AvgIpc) is 2.31. The fraction of sp³-hybridized carbons (Fsp3) is 0.417. The number of carbonyl (C=O) groups excluding carboxylic acids is 1. The Morgan fingerprint density at radius 1 is 1.39 bits per heavy atom. The highest BCUT2D eigenvalue weighted by atomic mass is 35.5. The molecule has 102 valence electrons. The molecular formula is C12H17Cl3N2O. The van der Waals surface area contributed by atoms with Gasteiger partial charge in [0.1, 0.15) is 0 Å². The molecule has 0 aliphatic heterocycles. The van der Waals surface area contributed by atoms with Crippen LogP contribution < -0.4 is 5.73 Å². The van der Waals surface area contributed by atoms with Crippen LogP contribution in [0.2, 0.25) is 10.0 Å². The Hall–Kier alpha value is -0.480. The van der Waals surface area contributed by atoms with Crippen molar-refractivity contribution in [2.75, 3.05) is 7.05 Å². The van der Waals surface area contributed by atoms with E-state index in [9.17, 15) is 4.79 Å². The van der Waals surface area contributed by atoms with Gasteiger partial charge in [-0.2, -0.15) is 0 Å². The smallest absolute Gasteiger partial charge is 0.239 e. The van der Waals surface area contributed by atoms with Gasteiger partial charge in [0.15, 0.2) is 0 Å². The van der Waals surface area contributed by atoms with Gasteiger partial charge < -0.3 is 10.6 Å². The molecule has 18 heavy (non-hydrogen) atoms. The van der Waals surface area contributed by atoms with E-state index in [-0.39, 0.29) is 18.3 Å². The molecule has 1 rings (SSSR count). The summed E-state index contributed by atoms with van der Waals surface area (Å²) in [6.07, 6.45) is 0.630. The number of rotatable bonds is 4. The number of nitrogens with zero attached hydrogens (tertiary/aromatic N) is 1. The Labute approximate surface area is 124 Å². The van der Waals surface area contributed by atoms with Crippen LogP contribution in [0, 0.1) is 0 Å². The van der Waals surface area contributed by atoms with E-state index in [0.717, 1.165) is 5.56 Å². The highest BCUT2D eigenvalue weighted by Crippen LogP contribution is 2.23. The largest absolute Gasteiger partial charge is 0.340 e. The van der Waals surface area contributed by atoms with Gasteiger partial charge in [-0.25, -0.2) is 0 Å². The molecule has 1 amide bonds. The minimum atomic E-state index is -0.442. The van der Waals surface area contributed by atoms with Crippen molar-refractivity contribution < 1.29 is 4.79 Å². The van der Waals surface area contributed by atoms with Crippen LogP contribution in [0.1, 0.15) is 18.9 Å². The predicted octanol–water partition coefficient (Wildman–Crippen LogP) is 3.11. The number of hydrogen-bond donors (Lipinski definition) is 1. The number of carbonyl (C=O) groups is 1. The number of hydrogen-bond acceptors (Lipinski definition) is 2. The van der Waals surface area contributed by atoms with Gasteiger partial charge in [0, 0.05) is 13.6 Å². The standard InChI is InChI=1S/C12H16Cl2N2O.ClH/c1-3-11(15)12(17)16(2)7-8-4-5-9(13)10(14)6-8;/h4-6,11H,3,7,15H2,1-2H3;1H/t11-;/m0./s1. The Morgan fingerprint density at radius 2 is 2.00 bits per heavy atom. The van der Waals surface area contributed by atoms with E-state index in [1.165, 1.54) is 0 Å². The average molecular weight is 312 g/mol. The lowest BCUT2D eigenvalue weighted by Crippen LogP contribution is -2.40. The van der Waals surface area contributed by atoms with Crippen molar-refractivity contribution in [3.8, 4) is 0 Å². The Morgan fingerprint density at radius 3 is 2.50 bits per heavy atom. The zero-order valence-corrected chi connectivity index (χ0v) is 12.6. The third-order valence-electron chi connectivity index (χ3n) is 2.54. The van der Waals surface area contributed by atoms with Gasteiger partial charge in [0.05, 0.1) is 16.1 Å². The molecule has 0 saturated heterocycles. The molecule has 1 atom stereocenters. The molecule has 0 aliphatic carbocycles. The lowest BCUT2D eigenvalue weighted by Gasteiger charge is -2.20. The maximum Gasteiger partial charge on any atom is 0.239 e. The number of nitrogens with two attached hydrogens (primary N) is 1. The Bertz CT molecular complexity index is 412. The number of halogens is 3. The minimum absolute atomic E-state index is 0. The molecule has 0 heterocycles. The SMILES string of the molecule is CC[C@H](N)C(=O)N(C)Cc1ccc(Cl)c(Cl)c1.Cl. The summed E-state index contributed by atoms with van der Waals surface area (Å²) in [6.45, 7) is 2.36. The highest BCUT2D eigenvalue weighted by molar-refractivity contribution is 6.42. The molecule has 0 unspecified atom stereocenters. The predicted molar refractivity (Wildman–Crippen MR) is 78.5 cm³/mol. The zero-order chi connectivity index (χ0) is 13.0. The van der Waals surface area contributed by atoms with Crippen molar-refractivity contribution in [3.05, 3.63) is 33.8 Å². The molecule has 6 heteroatoms. The molecule has 0 aromatic heterocycles. The Kier molecular flexibility index (Phi) is 7.64. The van der Waals surface area contributed by atoms with Crippen LogP contribution in [0.3, 0.4) is 0 Å². The van der Waals surface area contributed by atoms with E-state index in [1.54, 1.807) is 24.1 Å². The summed E-state index contributed by atoms with van der Waals surface area (Å²) in [5, 5.41) is 1.000. The number of amides is 1. The molecule has 0 radical (unpaired) electrons. The van der Waals surface area contributed by atoms with Crippen molar-refractivity contribution >= 4 is 41.5 Å². The third kappa shape index (κ3) is 4.65. The molecular weight excluding hydrogens is 295 g/mol. The van der Waals surface area contributed by atoms with Gasteiger partial charge in [0.2, 0.25) is 5.91 Å². The summed E-state index contributed by atoms with van der Waals surface area (Å²) >= 11 is 11.7. The van der Waals surface area contributed by atoms with Crippen molar-refractivity contribution in [2.24, 2.45) is 5.73 Å². The third-order valence-corrected chi connectivity index (χ3v) is 3.28. The van der Waals surface area contributed by atoms with Crippen LogP contribution >= 0.6 is 35.6 Å². The molecule has 0 aliphatic rings. The zero-order valence-electron chi connectivity index (χ0n) is 10.3. The van der Waals surface area contributed by atoms with Crippen LogP contribution in [0.5, 0.6) is 0 Å². The van der Waals surface area contributed by atoms with Gasteiger partial charge in [-0.1, -0.05) is 36.2 Å². The van der Waals surface area contributed by atoms with Crippen LogP contribution in [-0.4, -0.2) is 23.9 Å². The first-order chi connectivity index (χ1) is 7.95. The highest BCUT2D eigenvalue weighted by Gasteiger charge is 2.16. The number of benzene rings is 1. The summed E-state index contributed by atoms with van der Waals surface area (Å²) in [4.78, 5) is 13.4. The van der Waals surface area contributed by atoms with Gasteiger partial charge >= 0.3 is 0 Å². The Balaban J connectivity index is 0.00000289. The molecule has 1 aromatic carbocycles. The first-order valence-corrected chi connectivity index (χ1v) is 6.15. The first kappa shape index (κ1) is 17.5. The topological polar surface area (TPSA) is 46.3 Å². The van der Waals surface area contributed by atoms with Crippen molar-refractivity contribution in [1.82, 2.24) is 4.90 Å². The maximum absolute atomic E-state index is 11.8.